The molecule has 2 heterocycles. The lowest BCUT2D eigenvalue weighted by molar-refractivity contribution is -0.891. The lowest BCUT2D eigenvalue weighted by Gasteiger charge is -2.26. The number of nitrogens with zero attached hydrogens (tertiary/aromatic N) is 2. The first kappa shape index (κ1) is 22.8. The summed E-state index contributed by atoms with van der Waals surface area (Å²) < 4.78 is 6.45. The summed E-state index contributed by atoms with van der Waals surface area (Å²) in [7, 11) is 1.53. The zero-order valence-electron chi connectivity index (χ0n) is 18.1. The minimum absolute atomic E-state index is 0.00630. The molecule has 0 unspecified atom stereocenters. The van der Waals surface area contributed by atoms with E-state index in [2.05, 4.69) is 4.98 Å². The van der Waals surface area contributed by atoms with Crippen LogP contribution in [0, 0.1) is 0 Å². The van der Waals surface area contributed by atoms with E-state index in [1.165, 1.54) is 34.3 Å². The van der Waals surface area contributed by atoms with Gasteiger partial charge < -0.3 is 15.4 Å². The summed E-state index contributed by atoms with van der Waals surface area (Å²) in [6, 6.07) is 9.34. The van der Waals surface area contributed by atoms with Gasteiger partial charge in [-0.25, -0.2) is 4.79 Å². The number of carbonyl (C=O) groups is 1. The van der Waals surface area contributed by atoms with Gasteiger partial charge in [-0.1, -0.05) is 30.3 Å². The van der Waals surface area contributed by atoms with Crippen molar-refractivity contribution in [1.82, 2.24) is 9.55 Å². The molecule has 0 bridgehead atoms. The van der Waals surface area contributed by atoms with E-state index in [0.717, 1.165) is 31.5 Å². The van der Waals surface area contributed by atoms with Crippen molar-refractivity contribution in [2.75, 3.05) is 50.5 Å². The monoisotopic (exact) mass is 430 g/mol. The number of amides is 1. The van der Waals surface area contributed by atoms with Gasteiger partial charge in [0, 0.05) is 13.7 Å². The molecule has 9 heteroatoms. The number of hydrogen-bond acceptors (Lipinski definition) is 5. The summed E-state index contributed by atoms with van der Waals surface area (Å²) in [5.74, 6) is -0.219. The number of rotatable bonds is 8. The topological polar surface area (TPSA) is 115 Å². The van der Waals surface area contributed by atoms with Gasteiger partial charge in [0.05, 0.1) is 26.2 Å². The molecule has 1 saturated heterocycles. The highest BCUT2D eigenvalue weighted by Crippen LogP contribution is 2.17. The molecule has 3 rings (SSSR count). The van der Waals surface area contributed by atoms with E-state index in [4.69, 9.17) is 10.5 Å². The molecule has 4 N–H and O–H groups in total. The first-order chi connectivity index (χ1) is 15.0. The molecule has 1 aromatic carbocycles. The van der Waals surface area contributed by atoms with Crippen LogP contribution < -0.4 is 26.8 Å². The van der Waals surface area contributed by atoms with E-state index in [9.17, 15) is 14.4 Å². The fourth-order valence-corrected chi connectivity index (χ4v) is 4.02. The van der Waals surface area contributed by atoms with E-state index in [0.29, 0.717) is 0 Å². The molecular formula is C22H32N5O4+. The van der Waals surface area contributed by atoms with Crippen LogP contribution in [0.2, 0.25) is 0 Å². The minimum atomic E-state index is -0.665. The molecule has 1 fully saturated rings. The molecule has 0 radical (unpaired) electrons. The average molecular weight is 431 g/mol. The van der Waals surface area contributed by atoms with Gasteiger partial charge in [0.15, 0.2) is 12.2 Å². The van der Waals surface area contributed by atoms with E-state index in [1.807, 2.05) is 30.3 Å². The van der Waals surface area contributed by atoms with Crippen molar-refractivity contribution in [2.45, 2.75) is 32.2 Å². The van der Waals surface area contributed by atoms with Crippen molar-refractivity contribution in [3.63, 3.8) is 0 Å². The average Bonchev–Trinajstić information content (AvgIpc) is 3.02. The van der Waals surface area contributed by atoms with Gasteiger partial charge in [0.1, 0.15) is 5.82 Å². The minimum Gasteiger partial charge on any atom is -0.383 e. The predicted octanol–water partition coefficient (Wildman–Crippen LogP) is -0.395. The van der Waals surface area contributed by atoms with Crippen LogP contribution in [0.4, 0.5) is 11.5 Å². The van der Waals surface area contributed by atoms with Crippen molar-refractivity contribution < 1.29 is 14.4 Å². The second-order valence-electron chi connectivity index (χ2n) is 7.94. The van der Waals surface area contributed by atoms with E-state index >= 15 is 0 Å². The van der Waals surface area contributed by atoms with Crippen LogP contribution in [0.25, 0.3) is 0 Å². The van der Waals surface area contributed by atoms with Crippen LogP contribution in [0.3, 0.4) is 0 Å². The normalized spacial score (nSPS) is 14.9. The first-order valence-electron chi connectivity index (χ1n) is 10.8. The lowest BCUT2D eigenvalue weighted by atomic mass is 10.2. The van der Waals surface area contributed by atoms with Crippen LogP contribution in [0.1, 0.15) is 31.2 Å². The zero-order valence-corrected chi connectivity index (χ0v) is 18.1. The number of nitrogens with two attached hydrogens (primary N) is 1. The van der Waals surface area contributed by atoms with Gasteiger partial charge in [-0.2, -0.15) is 0 Å². The maximum atomic E-state index is 13.2. The third-order valence-electron chi connectivity index (χ3n) is 5.70. The van der Waals surface area contributed by atoms with Gasteiger partial charge >= 0.3 is 5.69 Å². The SMILES string of the molecule is COCCN(C(=O)C[NH+]1CCCCCC1)c1c(N)n(Cc2ccccc2)c(=O)[nH]c1=O. The van der Waals surface area contributed by atoms with Crippen LogP contribution in [0.5, 0.6) is 0 Å². The number of aromatic amines is 1. The highest BCUT2D eigenvalue weighted by atomic mass is 16.5. The molecule has 0 aliphatic carbocycles. The van der Waals surface area contributed by atoms with Crippen LogP contribution >= 0.6 is 0 Å². The van der Waals surface area contributed by atoms with Crippen LogP contribution in [-0.2, 0) is 16.1 Å². The number of H-pyrrole nitrogens is 1. The second-order valence-corrected chi connectivity index (χ2v) is 7.94. The Labute approximate surface area is 181 Å². The molecule has 2 aromatic rings. The van der Waals surface area contributed by atoms with Gasteiger partial charge in [-0.05, 0) is 31.2 Å². The Kier molecular flexibility index (Phi) is 8.02. The van der Waals surface area contributed by atoms with E-state index in [1.54, 1.807) is 0 Å². The number of carbonyl (C=O) groups excluding carboxylic acids is 1. The maximum Gasteiger partial charge on any atom is 0.330 e. The van der Waals surface area contributed by atoms with Crippen LogP contribution in [-0.4, -0.2) is 55.4 Å². The number of nitrogen functional groups attached to an aromatic ring is 1. The smallest absolute Gasteiger partial charge is 0.330 e. The summed E-state index contributed by atoms with van der Waals surface area (Å²) in [4.78, 5) is 43.4. The largest absolute Gasteiger partial charge is 0.383 e. The highest BCUT2D eigenvalue weighted by Gasteiger charge is 2.27. The Morgan fingerprint density at radius 2 is 1.84 bits per heavy atom. The summed E-state index contributed by atoms with van der Waals surface area (Å²) in [6.45, 7) is 2.77. The van der Waals surface area contributed by atoms with Crippen LogP contribution in [0.15, 0.2) is 39.9 Å². The highest BCUT2D eigenvalue weighted by molar-refractivity contribution is 5.96. The van der Waals surface area contributed by atoms with Crippen molar-refractivity contribution in [1.29, 1.82) is 0 Å². The number of benzene rings is 1. The number of ether oxygens (including phenoxy) is 1. The van der Waals surface area contributed by atoms with E-state index in [-0.39, 0.29) is 43.7 Å². The Morgan fingerprint density at radius 1 is 1.16 bits per heavy atom. The summed E-state index contributed by atoms with van der Waals surface area (Å²) in [6.07, 6.45) is 4.54. The quantitative estimate of drug-likeness (QED) is 0.528. The van der Waals surface area contributed by atoms with E-state index < -0.39 is 11.2 Å². The molecular weight excluding hydrogens is 398 g/mol. The number of quaternary nitrogens is 1. The number of nitrogens with one attached hydrogen (secondary N) is 2. The molecule has 0 atom stereocenters. The van der Waals surface area contributed by atoms with Gasteiger partial charge in [-0.15, -0.1) is 0 Å². The van der Waals surface area contributed by atoms with Crippen molar-refractivity contribution in [2.24, 2.45) is 0 Å². The molecule has 1 amide bonds. The Hall–Kier alpha value is -2.91. The maximum absolute atomic E-state index is 13.2. The standard InChI is InChI=1S/C22H31N5O4/c1-31-14-13-26(18(28)16-25-11-7-2-3-8-12-25)19-20(23)27(22(30)24-21(19)29)15-17-9-5-4-6-10-17/h4-6,9-10H,2-3,7-8,11-16,23H2,1H3,(H,24,29,30)/p+1. The molecule has 9 nitrogen and oxygen atoms in total. The number of methoxy groups -OCH3 is 1. The molecule has 0 spiro atoms. The number of anilines is 2. The Morgan fingerprint density at radius 3 is 2.48 bits per heavy atom. The van der Waals surface area contributed by atoms with Gasteiger partial charge in [0.2, 0.25) is 0 Å². The second kappa shape index (κ2) is 10.9. The molecule has 168 valence electrons. The van der Waals surface area contributed by atoms with Crippen molar-refractivity contribution in [3.8, 4) is 0 Å². The fourth-order valence-electron chi connectivity index (χ4n) is 4.02. The fraction of sp³-hybridized carbons (Fsp3) is 0.500. The predicted molar refractivity (Wildman–Crippen MR) is 120 cm³/mol. The summed E-state index contributed by atoms with van der Waals surface area (Å²) in [5, 5.41) is 0. The van der Waals surface area contributed by atoms with Gasteiger partial charge in [0.25, 0.3) is 11.5 Å². The lowest BCUT2D eigenvalue weighted by Crippen LogP contribution is -3.13. The number of hydrogen-bond donors (Lipinski definition) is 3. The third-order valence-corrected chi connectivity index (χ3v) is 5.70. The number of aromatic nitrogens is 2. The van der Waals surface area contributed by atoms with Crippen molar-refractivity contribution >= 4 is 17.4 Å². The molecule has 31 heavy (non-hydrogen) atoms. The summed E-state index contributed by atoms with van der Waals surface area (Å²) in [5.41, 5.74) is 5.90. The van der Waals surface area contributed by atoms with Gasteiger partial charge in [-0.3, -0.25) is 24.0 Å². The molecule has 1 aliphatic rings. The number of likely N-dealkylation sites (tertiary alicyclic amines) is 1. The Bertz CT molecular complexity index is 978. The zero-order chi connectivity index (χ0) is 22.2. The molecule has 0 saturated carbocycles. The molecule has 1 aliphatic heterocycles. The van der Waals surface area contributed by atoms with Crippen molar-refractivity contribution in [3.05, 3.63) is 56.7 Å². The molecule has 1 aromatic heterocycles. The summed E-state index contributed by atoms with van der Waals surface area (Å²) >= 11 is 0. The third kappa shape index (κ3) is 5.83. The Balaban J connectivity index is 1.94. The first-order valence-corrected chi connectivity index (χ1v) is 10.8.